The van der Waals surface area contributed by atoms with E-state index < -0.39 is 0 Å². The molecule has 5 aromatic rings. The molecule has 6 unspecified atom stereocenters. The Bertz CT molecular complexity index is 2480. The molecule has 2 spiro atoms. The summed E-state index contributed by atoms with van der Waals surface area (Å²) in [4.78, 5) is 5.66. The van der Waals surface area contributed by atoms with Crippen molar-refractivity contribution in [2.45, 2.75) is 144 Å². The van der Waals surface area contributed by atoms with Crippen LogP contribution in [-0.4, -0.2) is 0 Å². The van der Waals surface area contributed by atoms with Crippen molar-refractivity contribution in [1.29, 1.82) is 0 Å². The van der Waals surface area contributed by atoms with Gasteiger partial charge in [0.25, 0.3) is 0 Å². The van der Waals surface area contributed by atoms with E-state index in [9.17, 15) is 0 Å². The molecule has 0 aromatic heterocycles. The normalized spacial score (nSPS) is 31.5. The largest absolute Gasteiger partial charge is 0.310 e. The van der Waals surface area contributed by atoms with E-state index in [0.29, 0.717) is 5.41 Å². The highest BCUT2D eigenvalue weighted by molar-refractivity contribution is 7.99. The van der Waals surface area contributed by atoms with Crippen molar-refractivity contribution in [1.82, 2.24) is 0 Å². The maximum absolute atomic E-state index is 2.71. The van der Waals surface area contributed by atoms with Gasteiger partial charge >= 0.3 is 0 Å². The molecule has 4 saturated carbocycles. The summed E-state index contributed by atoms with van der Waals surface area (Å²) in [6.07, 6.45) is 10.7. The van der Waals surface area contributed by atoms with Gasteiger partial charge < -0.3 is 4.90 Å². The number of fused-ring (bicyclic) bond motifs is 9. The highest BCUT2D eigenvalue weighted by Crippen LogP contribution is 2.89. The quantitative estimate of drug-likeness (QED) is 0.179. The molecule has 1 aliphatic heterocycles. The summed E-state index contributed by atoms with van der Waals surface area (Å²) in [5.41, 5.74) is 17.3. The number of nitrogens with zero attached hydrogens (tertiary/aromatic N) is 1. The van der Waals surface area contributed by atoms with Crippen molar-refractivity contribution in [2.75, 3.05) is 4.90 Å². The molecular formula is C56H61NS. The summed E-state index contributed by atoms with van der Waals surface area (Å²) in [5.74, 6) is 3.40. The van der Waals surface area contributed by atoms with Gasteiger partial charge in [-0.2, -0.15) is 0 Å². The zero-order valence-electron chi connectivity index (χ0n) is 36.1. The van der Waals surface area contributed by atoms with E-state index in [2.05, 4.69) is 163 Å². The van der Waals surface area contributed by atoms with Crippen LogP contribution in [-0.2, 0) is 27.1 Å². The van der Waals surface area contributed by atoms with Crippen LogP contribution in [0.2, 0.25) is 0 Å². The van der Waals surface area contributed by atoms with Gasteiger partial charge in [0.2, 0.25) is 0 Å². The molecule has 58 heavy (non-hydrogen) atoms. The zero-order chi connectivity index (χ0) is 39.8. The number of hydrogen-bond acceptors (Lipinski definition) is 2. The summed E-state index contributed by atoms with van der Waals surface area (Å²) in [7, 11) is 0. The third kappa shape index (κ3) is 4.57. The van der Waals surface area contributed by atoms with Gasteiger partial charge in [0.15, 0.2) is 0 Å². The molecule has 12 rings (SSSR count). The number of anilines is 3. The monoisotopic (exact) mass is 779 g/mol. The van der Waals surface area contributed by atoms with E-state index in [0.717, 1.165) is 23.7 Å². The fourth-order valence-corrected chi connectivity index (χ4v) is 16.2. The van der Waals surface area contributed by atoms with Crippen LogP contribution < -0.4 is 4.90 Å². The molecule has 0 radical (unpaired) electrons. The molecule has 6 aliphatic carbocycles. The van der Waals surface area contributed by atoms with E-state index in [4.69, 9.17) is 0 Å². The van der Waals surface area contributed by atoms with E-state index in [-0.39, 0.29) is 27.1 Å². The summed E-state index contributed by atoms with van der Waals surface area (Å²) in [5, 5.41) is 0. The number of benzene rings is 5. The Balaban J connectivity index is 1.07. The topological polar surface area (TPSA) is 3.24 Å². The molecule has 6 atom stereocenters. The first-order valence-corrected chi connectivity index (χ1v) is 23.6. The predicted molar refractivity (Wildman–Crippen MR) is 243 cm³/mol. The van der Waals surface area contributed by atoms with Gasteiger partial charge in [-0.3, -0.25) is 0 Å². The standard InChI is InChI=1S/C56H61NS/c1-51(2)22-24-53(5,6)44-30-38(15-19-41(44)51)57(39-16-20-42-45(31-39)54(7,8)25-23-52(42,3)4)40-17-21-47-46(32-40)56(49-27-34-26-37-29-50(56)55(37,49)33-34)43-18-14-36(28-48(43)58-47)35-12-10-9-11-13-35/h9-21,28,30-32,34,37,49-50H,22-27,29,33H2,1-8H3. The second-order valence-electron chi connectivity index (χ2n) is 22.8. The maximum Gasteiger partial charge on any atom is 0.0465 e. The molecule has 2 bridgehead atoms. The average Bonchev–Trinajstić information content (AvgIpc) is 3.74. The minimum atomic E-state index is 0.0994. The van der Waals surface area contributed by atoms with Crippen LogP contribution in [0.4, 0.5) is 17.1 Å². The van der Waals surface area contributed by atoms with Crippen LogP contribution in [0.15, 0.2) is 113 Å². The van der Waals surface area contributed by atoms with Crippen LogP contribution in [0, 0.1) is 29.1 Å². The van der Waals surface area contributed by atoms with Crippen molar-refractivity contribution in [3.8, 4) is 11.1 Å². The fraction of sp³-hybridized carbons (Fsp3) is 0.464. The molecule has 2 heteroatoms. The lowest BCUT2D eigenvalue weighted by atomic mass is 9.26. The third-order valence-electron chi connectivity index (χ3n) is 18.1. The Morgan fingerprint density at radius 2 is 1.00 bits per heavy atom. The van der Waals surface area contributed by atoms with E-state index in [1.165, 1.54) is 112 Å². The molecule has 1 nitrogen and oxygen atoms in total. The van der Waals surface area contributed by atoms with Gasteiger partial charge in [0.05, 0.1) is 0 Å². The summed E-state index contributed by atoms with van der Waals surface area (Å²) in [6, 6.07) is 41.5. The molecule has 0 N–H and O–H groups in total. The zero-order valence-corrected chi connectivity index (χ0v) is 37.0. The van der Waals surface area contributed by atoms with Gasteiger partial charge in [-0.05, 0) is 195 Å². The van der Waals surface area contributed by atoms with Crippen molar-refractivity contribution in [3.63, 3.8) is 0 Å². The highest BCUT2D eigenvalue weighted by atomic mass is 32.2. The summed E-state index contributed by atoms with van der Waals surface area (Å²) in [6.45, 7) is 19.7. The predicted octanol–water partition coefficient (Wildman–Crippen LogP) is 15.3. The molecule has 4 fully saturated rings. The van der Waals surface area contributed by atoms with Gasteiger partial charge in [0, 0.05) is 32.3 Å². The van der Waals surface area contributed by atoms with E-state index in [1.807, 2.05) is 11.8 Å². The summed E-state index contributed by atoms with van der Waals surface area (Å²) >= 11 is 2.04. The van der Waals surface area contributed by atoms with Crippen molar-refractivity contribution in [3.05, 3.63) is 137 Å². The molecule has 0 saturated heterocycles. The van der Waals surface area contributed by atoms with Gasteiger partial charge in [-0.1, -0.05) is 122 Å². The number of hydrogen-bond donors (Lipinski definition) is 0. The first kappa shape index (κ1) is 36.1. The number of rotatable bonds is 4. The minimum Gasteiger partial charge on any atom is -0.310 e. The van der Waals surface area contributed by atoms with E-state index in [1.54, 1.807) is 11.1 Å². The van der Waals surface area contributed by atoms with Crippen molar-refractivity contribution >= 4 is 28.8 Å². The smallest absolute Gasteiger partial charge is 0.0465 e. The Morgan fingerprint density at radius 3 is 1.60 bits per heavy atom. The Morgan fingerprint density at radius 1 is 0.466 bits per heavy atom. The third-order valence-corrected chi connectivity index (χ3v) is 19.3. The molecule has 0 amide bonds. The lowest BCUT2D eigenvalue weighted by Gasteiger charge is -2.78. The van der Waals surface area contributed by atoms with Crippen LogP contribution in [0.1, 0.15) is 140 Å². The SMILES string of the molecule is CC1(C)CCC(C)(C)c2cc(N(c3ccc4c(c3)C(C)(C)CCC4(C)C)c3ccc4c(c3)C3(c5ccc(-c6ccccc6)cc5S4)C4CC5CC6CC3C64C5)ccc21. The second-order valence-corrected chi connectivity index (χ2v) is 23.8. The Hall–Kier alpha value is -3.75. The minimum absolute atomic E-state index is 0.0994. The average molecular weight is 780 g/mol. The molecule has 5 aromatic carbocycles. The molecular weight excluding hydrogens is 719 g/mol. The molecule has 296 valence electrons. The lowest BCUT2D eigenvalue weighted by molar-refractivity contribution is -0.235. The fourth-order valence-electron chi connectivity index (χ4n) is 14.9. The second kappa shape index (κ2) is 11.5. The van der Waals surface area contributed by atoms with Crippen molar-refractivity contribution in [2.24, 2.45) is 29.1 Å². The highest BCUT2D eigenvalue weighted by Gasteiger charge is 2.84. The van der Waals surface area contributed by atoms with Crippen LogP contribution in [0.5, 0.6) is 0 Å². The Labute approximate surface area is 352 Å². The lowest BCUT2D eigenvalue weighted by Crippen LogP contribution is -2.74. The van der Waals surface area contributed by atoms with Gasteiger partial charge in [-0.25, -0.2) is 0 Å². The van der Waals surface area contributed by atoms with Gasteiger partial charge in [0.1, 0.15) is 0 Å². The first-order chi connectivity index (χ1) is 27.6. The van der Waals surface area contributed by atoms with Crippen LogP contribution in [0.3, 0.4) is 0 Å². The van der Waals surface area contributed by atoms with Crippen molar-refractivity contribution < 1.29 is 0 Å². The van der Waals surface area contributed by atoms with Crippen LogP contribution >= 0.6 is 11.8 Å². The van der Waals surface area contributed by atoms with Crippen LogP contribution in [0.25, 0.3) is 11.1 Å². The maximum atomic E-state index is 2.71. The van der Waals surface area contributed by atoms with E-state index >= 15 is 0 Å². The van der Waals surface area contributed by atoms with Gasteiger partial charge in [-0.15, -0.1) is 0 Å². The Kier molecular flexibility index (Phi) is 7.19. The molecule has 7 aliphatic rings. The first-order valence-electron chi connectivity index (χ1n) is 22.8. The molecule has 1 heterocycles. The summed E-state index contributed by atoms with van der Waals surface area (Å²) < 4.78 is 0.